The van der Waals surface area contributed by atoms with Gasteiger partial charge in [-0.3, -0.25) is 19.6 Å². The molecule has 7 nitrogen and oxygen atoms in total. The molecule has 9 heteroatoms. The molecular formula is C12H15F2N3O4. The van der Waals surface area contributed by atoms with Crippen molar-refractivity contribution in [1.82, 2.24) is 9.78 Å². The van der Waals surface area contributed by atoms with E-state index < -0.39 is 34.6 Å². The van der Waals surface area contributed by atoms with Gasteiger partial charge in [0.2, 0.25) is 5.69 Å². The Morgan fingerprint density at radius 2 is 2.29 bits per heavy atom. The molecule has 0 aliphatic heterocycles. The number of rotatable bonds is 5. The van der Waals surface area contributed by atoms with E-state index in [0.717, 1.165) is 23.7 Å². The maximum atomic E-state index is 12.7. The predicted molar refractivity (Wildman–Crippen MR) is 66.9 cm³/mol. The first kappa shape index (κ1) is 15.3. The second kappa shape index (κ2) is 6.15. The van der Waals surface area contributed by atoms with Gasteiger partial charge in [-0.1, -0.05) is 6.42 Å². The maximum Gasteiger partial charge on any atom is 0.316 e. The summed E-state index contributed by atoms with van der Waals surface area (Å²) in [6.07, 6.45) is 0.533. The van der Waals surface area contributed by atoms with E-state index in [2.05, 4.69) is 5.10 Å². The van der Waals surface area contributed by atoms with Crippen LogP contribution in [0.4, 0.5) is 14.5 Å². The van der Waals surface area contributed by atoms with Crippen LogP contribution in [0.1, 0.15) is 37.8 Å². The van der Waals surface area contributed by atoms with Gasteiger partial charge in [0, 0.05) is 6.54 Å². The molecule has 1 aliphatic carbocycles. The summed E-state index contributed by atoms with van der Waals surface area (Å²) in [7, 11) is 0. The van der Waals surface area contributed by atoms with Crippen molar-refractivity contribution in [2.24, 2.45) is 11.8 Å². The molecule has 0 amide bonds. The highest BCUT2D eigenvalue weighted by atomic mass is 19.3. The molecule has 0 bridgehead atoms. The van der Waals surface area contributed by atoms with Crippen LogP contribution in [0.25, 0.3) is 0 Å². The van der Waals surface area contributed by atoms with E-state index in [1.165, 1.54) is 0 Å². The summed E-state index contributed by atoms with van der Waals surface area (Å²) in [5.41, 5.74) is -1.54. The molecule has 21 heavy (non-hydrogen) atoms. The maximum absolute atomic E-state index is 12.7. The highest BCUT2D eigenvalue weighted by molar-refractivity contribution is 5.70. The molecule has 1 fully saturated rings. The summed E-state index contributed by atoms with van der Waals surface area (Å²) in [5.74, 6) is -1.33. The summed E-state index contributed by atoms with van der Waals surface area (Å²) >= 11 is 0. The van der Waals surface area contributed by atoms with Crippen LogP contribution in [0.5, 0.6) is 0 Å². The highest BCUT2D eigenvalue weighted by Crippen LogP contribution is 2.32. The lowest BCUT2D eigenvalue weighted by Gasteiger charge is -2.26. The normalized spacial score (nSPS) is 22.4. The molecule has 0 radical (unpaired) electrons. The Hall–Kier alpha value is -2.06. The van der Waals surface area contributed by atoms with Crippen LogP contribution >= 0.6 is 0 Å². The minimum Gasteiger partial charge on any atom is -0.481 e. The number of hydrogen-bond donors (Lipinski definition) is 1. The number of nitro groups is 1. The lowest BCUT2D eigenvalue weighted by atomic mass is 9.81. The van der Waals surface area contributed by atoms with Crippen LogP contribution in [0, 0.1) is 22.0 Å². The van der Waals surface area contributed by atoms with Crippen LogP contribution in [-0.2, 0) is 11.3 Å². The summed E-state index contributed by atoms with van der Waals surface area (Å²) in [5, 5.41) is 23.3. The molecule has 1 saturated carbocycles. The number of carboxylic acid groups (broad SMARTS) is 1. The van der Waals surface area contributed by atoms with Crippen molar-refractivity contribution in [2.75, 3.05) is 0 Å². The Morgan fingerprint density at radius 3 is 2.81 bits per heavy atom. The zero-order chi connectivity index (χ0) is 15.6. The zero-order valence-corrected chi connectivity index (χ0v) is 11.1. The Morgan fingerprint density at radius 1 is 1.57 bits per heavy atom. The first-order valence-corrected chi connectivity index (χ1v) is 6.61. The monoisotopic (exact) mass is 303 g/mol. The zero-order valence-electron chi connectivity index (χ0n) is 11.1. The van der Waals surface area contributed by atoms with E-state index in [0.29, 0.717) is 12.8 Å². The third kappa shape index (κ3) is 3.53. The lowest BCUT2D eigenvalue weighted by molar-refractivity contribution is -0.386. The van der Waals surface area contributed by atoms with Gasteiger partial charge in [0.1, 0.15) is 6.20 Å². The SMILES string of the molecule is O=C(O)C1CCCC(Cn2cc([N+](=O)[O-])c(C(F)F)n2)C1. The first-order valence-electron chi connectivity index (χ1n) is 6.61. The van der Waals surface area contributed by atoms with Gasteiger partial charge in [-0.15, -0.1) is 0 Å². The van der Waals surface area contributed by atoms with Gasteiger partial charge in [0.15, 0.2) is 0 Å². The summed E-state index contributed by atoms with van der Waals surface area (Å²) in [6.45, 7) is 0.220. The molecular weight excluding hydrogens is 288 g/mol. The van der Waals surface area contributed by atoms with Gasteiger partial charge in [-0.2, -0.15) is 5.10 Å². The van der Waals surface area contributed by atoms with Gasteiger partial charge in [-0.25, -0.2) is 8.78 Å². The van der Waals surface area contributed by atoms with E-state index in [-0.39, 0.29) is 12.5 Å². The summed E-state index contributed by atoms with van der Waals surface area (Å²) < 4.78 is 26.5. The molecule has 0 aromatic carbocycles. The molecule has 1 aromatic heterocycles. The topological polar surface area (TPSA) is 98.3 Å². The van der Waals surface area contributed by atoms with Gasteiger partial charge >= 0.3 is 11.7 Å². The standard InChI is InChI=1S/C12H15F2N3O4/c13-11(14)10-9(17(20)21)6-16(15-10)5-7-2-1-3-8(4-7)12(18)19/h6-8,11H,1-5H2,(H,18,19). The second-order valence-electron chi connectivity index (χ2n) is 5.25. The molecule has 1 aromatic rings. The number of aliphatic carboxylic acids is 1. The number of carboxylic acids is 1. The molecule has 0 spiro atoms. The fraction of sp³-hybridized carbons (Fsp3) is 0.667. The predicted octanol–water partition coefficient (Wildman–Crippen LogP) is 2.62. The highest BCUT2D eigenvalue weighted by Gasteiger charge is 2.30. The third-order valence-electron chi connectivity index (χ3n) is 3.75. The van der Waals surface area contributed by atoms with Crippen molar-refractivity contribution in [3.8, 4) is 0 Å². The van der Waals surface area contributed by atoms with E-state index >= 15 is 0 Å². The van der Waals surface area contributed by atoms with Gasteiger partial charge in [-0.05, 0) is 25.2 Å². The molecule has 2 rings (SSSR count). The molecule has 1 aliphatic rings. The van der Waals surface area contributed by atoms with Crippen LogP contribution in [0.15, 0.2) is 6.20 Å². The van der Waals surface area contributed by atoms with Crippen LogP contribution < -0.4 is 0 Å². The third-order valence-corrected chi connectivity index (χ3v) is 3.75. The van der Waals surface area contributed by atoms with Crippen LogP contribution in [0.3, 0.4) is 0 Å². The number of halogens is 2. The summed E-state index contributed by atoms with van der Waals surface area (Å²) in [4.78, 5) is 20.8. The van der Waals surface area contributed by atoms with Crippen molar-refractivity contribution in [1.29, 1.82) is 0 Å². The first-order chi connectivity index (χ1) is 9.88. The number of carbonyl (C=O) groups is 1. The van der Waals surface area contributed by atoms with Crippen LogP contribution in [0.2, 0.25) is 0 Å². The molecule has 1 heterocycles. The molecule has 2 atom stereocenters. The van der Waals surface area contributed by atoms with Gasteiger partial charge in [0.25, 0.3) is 6.43 Å². The van der Waals surface area contributed by atoms with Crippen molar-refractivity contribution in [3.05, 3.63) is 22.0 Å². The average Bonchev–Trinajstić information content (AvgIpc) is 2.83. The van der Waals surface area contributed by atoms with E-state index in [1.54, 1.807) is 0 Å². The summed E-state index contributed by atoms with van der Waals surface area (Å²) in [6, 6.07) is 0. The molecule has 0 saturated heterocycles. The van der Waals surface area contributed by atoms with Crippen molar-refractivity contribution >= 4 is 11.7 Å². The Labute approximate surface area is 118 Å². The number of aromatic nitrogens is 2. The fourth-order valence-corrected chi connectivity index (χ4v) is 2.76. The number of nitrogens with zero attached hydrogens (tertiary/aromatic N) is 3. The van der Waals surface area contributed by atoms with E-state index in [9.17, 15) is 23.7 Å². The van der Waals surface area contributed by atoms with Crippen molar-refractivity contribution in [2.45, 2.75) is 38.7 Å². The Kier molecular flexibility index (Phi) is 4.49. The smallest absolute Gasteiger partial charge is 0.316 e. The van der Waals surface area contributed by atoms with Gasteiger partial charge < -0.3 is 5.11 Å². The molecule has 1 N–H and O–H groups in total. The largest absolute Gasteiger partial charge is 0.481 e. The van der Waals surface area contributed by atoms with E-state index in [4.69, 9.17) is 5.11 Å². The van der Waals surface area contributed by atoms with E-state index in [1.807, 2.05) is 0 Å². The number of hydrogen-bond acceptors (Lipinski definition) is 4. The minimum absolute atomic E-state index is 0.0233. The molecule has 2 unspecified atom stereocenters. The lowest BCUT2D eigenvalue weighted by Crippen LogP contribution is -2.25. The van der Waals surface area contributed by atoms with Crippen LogP contribution in [-0.4, -0.2) is 25.8 Å². The second-order valence-corrected chi connectivity index (χ2v) is 5.25. The number of alkyl halides is 2. The van der Waals surface area contributed by atoms with Gasteiger partial charge in [0.05, 0.1) is 10.8 Å². The minimum atomic E-state index is -3.01. The van der Waals surface area contributed by atoms with Crippen molar-refractivity contribution in [3.63, 3.8) is 0 Å². The fourth-order valence-electron chi connectivity index (χ4n) is 2.76. The molecule has 116 valence electrons. The Bertz CT molecular complexity index is 547. The van der Waals surface area contributed by atoms with Crippen molar-refractivity contribution < 1.29 is 23.6 Å². The quantitative estimate of drug-likeness (QED) is 0.666. The average molecular weight is 303 g/mol. The Balaban J connectivity index is 2.11.